The van der Waals surface area contributed by atoms with Crippen molar-refractivity contribution in [1.82, 2.24) is 19.5 Å². The van der Waals surface area contributed by atoms with Crippen molar-refractivity contribution in [2.75, 3.05) is 17.2 Å². The second-order valence-electron chi connectivity index (χ2n) is 8.67. The molecule has 0 bridgehead atoms. The van der Waals surface area contributed by atoms with Crippen LogP contribution >= 0.6 is 23.2 Å². The number of aliphatic hydroxyl groups excluding tert-OH is 1. The average molecular weight is 562 g/mol. The van der Waals surface area contributed by atoms with E-state index in [1.165, 1.54) is 6.20 Å². The summed E-state index contributed by atoms with van der Waals surface area (Å²) in [5.41, 5.74) is 5.28. The number of rotatable bonds is 12. The van der Waals surface area contributed by atoms with Crippen LogP contribution in [0.2, 0.25) is 10.0 Å². The summed E-state index contributed by atoms with van der Waals surface area (Å²) in [5.74, 6) is -0.00899. The number of nitrogens with two attached hydrogens (primary N) is 1. The van der Waals surface area contributed by atoms with Crippen molar-refractivity contribution in [2.24, 2.45) is 5.73 Å². The maximum absolute atomic E-state index is 13.2. The minimum atomic E-state index is -4.62. The number of alkyl halides is 3. The van der Waals surface area contributed by atoms with E-state index in [0.29, 0.717) is 24.0 Å². The molecule has 0 fully saturated rings. The van der Waals surface area contributed by atoms with E-state index in [0.717, 1.165) is 25.0 Å². The summed E-state index contributed by atoms with van der Waals surface area (Å²) in [6.45, 7) is 3.64. The Balaban J connectivity index is 2.15. The number of aliphatic hydroxyl groups is 1. The first-order valence-electron chi connectivity index (χ1n) is 11.7. The summed E-state index contributed by atoms with van der Waals surface area (Å²) < 4.78 is 41.4. The molecule has 202 valence electrons. The first kappa shape index (κ1) is 28.7. The number of aromatic nitrogens is 4. The van der Waals surface area contributed by atoms with E-state index in [2.05, 4.69) is 25.6 Å². The van der Waals surface area contributed by atoms with Gasteiger partial charge in [0.25, 0.3) is 0 Å². The van der Waals surface area contributed by atoms with E-state index in [9.17, 15) is 23.1 Å². The van der Waals surface area contributed by atoms with Crippen LogP contribution in [0, 0.1) is 0 Å². The number of halogens is 5. The second-order valence-corrected chi connectivity index (χ2v) is 9.49. The average Bonchev–Trinajstić information content (AvgIpc) is 3.17. The Labute approximate surface area is 221 Å². The monoisotopic (exact) mass is 561 g/mol. The lowest BCUT2D eigenvalue weighted by atomic mass is 10.0. The zero-order chi connectivity index (χ0) is 27.3. The van der Waals surface area contributed by atoms with Gasteiger partial charge in [0.1, 0.15) is 5.52 Å². The van der Waals surface area contributed by atoms with E-state index in [1.807, 2.05) is 6.92 Å². The lowest BCUT2D eigenvalue weighted by Gasteiger charge is -2.22. The van der Waals surface area contributed by atoms with Gasteiger partial charge in [-0.25, -0.2) is 9.97 Å². The Morgan fingerprint density at radius 3 is 2.46 bits per heavy atom. The van der Waals surface area contributed by atoms with E-state index in [1.54, 1.807) is 11.5 Å². The first-order valence-corrected chi connectivity index (χ1v) is 12.4. The third-order valence-electron chi connectivity index (χ3n) is 5.67. The minimum absolute atomic E-state index is 0.0391. The van der Waals surface area contributed by atoms with Gasteiger partial charge >= 0.3 is 6.18 Å². The van der Waals surface area contributed by atoms with Gasteiger partial charge in [0.05, 0.1) is 34.1 Å². The standard InChI is InChI=1S/C23H28Cl2F3N7O2/c1-3-4-5-14(6-7-18(29)37)35-20-17(10-30-21(34-20)31-12(2)11-36)32-22(35)33-19-15(24)8-13(9-16(19)25)23(26,27)28/h8-10,12,14,36H,3-7,11H2,1-2H3,(H2,29,37)(H,32,33)(H,30,31,34)/t12-,14-/m0/s1. The number of unbranched alkanes of at least 4 members (excludes halogenated alkanes) is 1. The van der Waals surface area contributed by atoms with Gasteiger partial charge in [0.2, 0.25) is 17.8 Å². The predicted molar refractivity (Wildman–Crippen MR) is 137 cm³/mol. The normalized spacial score (nSPS) is 13.5. The number of benzene rings is 1. The van der Waals surface area contributed by atoms with Crippen molar-refractivity contribution < 1.29 is 23.1 Å². The molecule has 2 heterocycles. The van der Waals surface area contributed by atoms with Gasteiger partial charge in [-0.15, -0.1) is 0 Å². The van der Waals surface area contributed by atoms with Crippen molar-refractivity contribution in [2.45, 2.75) is 64.2 Å². The number of hydrogen-bond donors (Lipinski definition) is 4. The highest BCUT2D eigenvalue weighted by Gasteiger charge is 2.32. The van der Waals surface area contributed by atoms with Crippen molar-refractivity contribution in [1.29, 1.82) is 0 Å². The van der Waals surface area contributed by atoms with Crippen molar-refractivity contribution in [3.63, 3.8) is 0 Å². The van der Waals surface area contributed by atoms with Crippen LogP contribution in [0.3, 0.4) is 0 Å². The molecule has 0 aliphatic rings. The summed E-state index contributed by atoms with van der Waals surface area (Å²) in [5, 5.41) is 14.8. The van der Waals surface area contributed by atoms with E-state index < -0.39 is 17.6 Å². The lowest BCUT2D eigenvalue weighted by Crippen LogP contribution is -2.21. The van der Waals surface area contributed by atoms with Gasteiger partial charge in [-0.2, -0.15) is 18.2 Å². The molecule has 14 heteroatoms. The molecular formula is C23H28Cl2F3N7O2. The SMILES string of the molecule is CCCC[C@@H](CCC(N)=O)n1c(Nc2c(Cl)cc(C(F)(F)F)cc2Cl)nc2cnc(N[C@@H](C)CO)nc21. The van der Waals surface area contributed by atoms with Crippen LogP contribution < -0.4 is 16.4 Å². The van der Waals surface area contributed by atoms with Crippen LogP contribution in [0.4, 0.5) is 30.8 Å². The van der Waals surface area contributed by atoms with Crippen molar-refractivity contribution >= 4 is 57.9 Å². The van der Waals surface area contributed by atoms with Gasteiger partial charge in [0.15, 0.2) is 5.65 Å². The molecule has 1 aromatic carbocycles. The summed E-state index contributed by atoms with van der Waals surface area (Å²) >= 11 is 12.4. The Hall–Kier alpha value is -2.83. The zero-order valence-corrected chi connectivity index (χ0v) is 21.8. The number of nitrogens with zero attached hydrogens (tertiary/aromatic N) is 4. The Morgan fingerprint density at radius 2 is 1.89 bits per heavy atom. The third kappa shape index (κ3) is 7.14. The molecule has 0 saturated carbocycles. The Morgan fingerprint density at radius 1 is 1.22 bits per heavy atom. The molecule has 3 aromatic rings. The van der Waals surface area contributed by atoms with Crippen LogP contribution in [0.1, 0.15) is 57.6 Å². The number of imidazole rings is 1. The van der Waals surface area contributed by atoms with Crippen LogP contribution in [0.5, 0.6) is 0 Å². The zero-order valence-electron chi connectivity index (χ0n) is 20.2. The molecule has 5 N–H and O–H groups in total. The number of hydrogen-bond acceptors (Lipinski definition) is 7. The van der Waals surface area contributed by atoms with Crippen LogP contribution in [0.25, 0.3) is 11.2 Å². The molecule has 0 radical (unpaired) electrons. The summed E-state index contributed by atoms with van der Waals surface area (Å²) in [6.07, 6.45) is -0.299. The first-order chi connectivity index (χ1) is 17.4. The van der Waals surface area contributed by atoms with Crippen molar-refractivity contribution in [3.8, 4) is 0 Å². The fourth-order valence-corrected chi connectivity index (χ4v) is 4.36. The third-order valence-corrected chi connectivity index (χ3v) is 6.26. The molecule has 0 unspecified atom stereocenters. The minimum Gasteiger partial charge on any atom is -0.394 e. The summed E-state index contributed by atoms with van der Waals surface area (Å²) in [6, 6.07) is 0.956. The Kier molecular flexibility index (Phi) is 9.43. The van der Waals surface area contributed by atoms with Gasteiger partial charge < -0.3 is 21.5 Å². The lowest BCUT2D eigenvalue weighted by molar-refractivity contribution is -0.137. The van der Waals surface area contributed by atoms with E-state index in [-0.39, 0.29) is 52.7 Å². The number of fused-ring (bicyclic) bond motifs is 1. The molecule has 0 aliphatic heterocycles. The quantitative estimate of drug-likeness (QED) is 0.223. The highest BCUT2D eigenvalue weighted by Crippen LogP contribution is 2.40. The van der Waals surface area contributed by atoms with Gasteiger partial charge in [-0.05, 0) is 31.9 Å². The molecule has 37 heavy (non-hydrogen) atoms. The molecule has 2 aromatic heterocycles. The molecule has 0 spiro atoms. The maximum Gasteiger partial charge on any atom is 0.416 e. The molecule has 0 saturated heterocycles. The topological polar surface area (TPSA) is 131 Å². The fourth-order valence-electron chi connectivity index (χ4n) is 3.78. The summed E-state index contributed by atoms with van der Waals surface area (Å²) in [7, 11) is 0. The highest BCUT2D eigenvalue weighted by molar-refractivity contribution is 6.39. The molecule has 0 aliphatic carbocycles. The Bertz CT molecular complexity index is 1230. The predicted octanol–water partition coefficient (Wildman–Crippen LogP) is 5.69. The van der Waals surface area contributed by atoms with Gasteiger partial charge in [-0.1, -0.05) is 43.0 Å². The molecule has 1 amide bonds. The molecule has 3 rings (SSSR count). The van der Waals surface area contributed by atoms with Crippen LogP contribution in [0.15, 0.2) is 18.3 Å². The van der Waals surface area contributed by atoms with Crippen LogP contribution in [-0.4, -0.2) is 43.2 Å². The highest BCUT2D eigenvalue weighted by atomic mass is 35.5. The fraction of sp³-hybridized carbons (Fsp3) is 0.478. The second kappa shape index (κ2) is 12.1. The van der Waals surface area contributed by atoms with Gasteiger partial charge in [0, 0.05) is 18.5 Å². The van der Waals surface area contributed by atoms with Crippen LogP contribution in [-0.2, 0) is 11.0 Å². The number of carbonyl (C=O) groups is 1. The smallest absolute Gasteiger partial charge is 0.394 e. The number of primary amides is 1. The van der Waals surface area contributed by atoms with E-state index >= 15 is 0 Å². The number of carbonyl (C=O) groups excluding carboxylic acids is 1. The maximum atomic E-state index is 13.2. The molecule has 9 nitrogen and oxygen atoms in total. The number of anilines is 3. The number of amides is 1. The number of nitrogens with one attached hydrogen (secondary N) is 2. The largest absolute Gasteiger partial charge is 0.416 e. The van der Waals surface area contributed by atoms with Crippen molar-refractivity contribution in [3.05, 3.63) is 33.9 Å². The molecular weight excluding hydrogens is 534 g/mol. The molecule has 2 atom stereocenters. The van der Waals surface area contributed by atoms with E-state index in [4.69, 9.17) is 28.9 Å². The summed E-state index contributed by atoms with van der Waals surface area (Å²) in [4.78, 5) is 25.0. The van der Waals surface area contributed by atoms with Gasteiger partial charge in [-0.3, -0.25) is 9.36 Å².